The second-order valence-electron chi connectivity index (χ2n) is 10.0. The monoisotopic (exact) mass is 578 g/mol. The lowest BCUT2D eigenvalue weighted by Crippen LogP contribution is -2.30. The topological polar surface area (TPSA) is 110 Å². The van der Waals surface area contributed by atoms with Gasteiger partial charge in [-0.2, -0.15) is 18.2 Å². The molecule has 1 fully saturated rings. The minimum atomic E-state index is -4.76. The molecule has 212 valence electrons. The van der Waals surface area contributed by atoms with Gasteiger partial charge in [-0.3, -0.25) is 4.79 Å². The quantitative estimate of drug-likeness (QED) is 0.309. The Hall–Kier alpha value is -3.70. The van der Waals surface area contributed by atoms with E-state index in [-0.39, 0.29) is 35.2 Å². The molecule has 3 aromatic rings. The van der Waals surface area contributed by atoms with Gasteiger partial charge in [0.2, 0.25) is 17.9 Å². The van der Waals surface area contributed by atoms with Gasteiger partial charge in [0.05, 0.1) is 5.69 Å². The Kier molecular flexibility index (Phi) is 8.36. The van der Waals surface area contributed by atoms with E-state index in [1.165, 1.54) is 48.5 Å². The molecule has 1 spiro atoms. The van der Waals surface area contributed by atoms with Crippen molar-refractivity contribution >= 4 is 29.9 Å². The zero-order chi connectivity index (χ0) is 27.8. The van der Waals surface area contributed by atoms with E-state index in [2.05, 4.69) is 15.3 Å². The number of rotatable bonds is 6. The standard InChI is InChI=1S/C28H26F4N4O3.ClH/c29-20-3-1-2-19(12-20)16-4-6-18(7-5-16)24(28(30,31)32)39-23-13-21(35-26(33)36-23)17-8-10-27(11-9-17)14-22(25(37)38)34-15-27;/h1-8,12-13,22,24,34H,9-11,14-15H2,(H,37,38)(H2,33,35,36);1H/t22?,24-,27?;/m1./s1. The van der Waals surface area contributed by atoms with Gasteiger partial charge in [-0.1, -0.05) is 42.5 Å². The summed E-state index contributed by atoms with van der Waals surface area (Å²) < 4.78 is 61.1. The maximum atomic E-state index is 14.1. The summed E-state index contributed by atoms with van der Waals surface area (Å²) in [7, 11) is 0. The molecule has 1 saturated heterocycles. The number of aromatic nitrogens is 2. The SMILES string of the molecule is Cl.Nc1nc(O[C@H](c2ccc(-c3cccc(F)c3)cc2)C(F)(F)F)cc(C2=CCC3(CC2)CNC(C(=O)O)C3)n1. The summed E-state index contributed by atoms with van der Waals surface area (Å²) in [5, 5.41) is 12.3. The normalized spacial score (nSPS) is 21.4. The number of hydrogen-bond acceptors (Lipinski definition) is 6. The molecular weight excluding hydrogens is 552 g/mol. The Balaban J connectivity index is 0.00000370. The number of carbonyl (C=O) groups is 1. The predicted molar refractivity (Wildman–Crippen MR) is 143 cm³/mol. The molecule has 0 radical (unpaired) electrons. The van der Waals surface area contributed by atoms with E-state index in [9.17, 15) is 27.5 Å². The minimum absolute atomic E-state index is 0. The minimum Gasteiger partial charge on any atom is -0.480 e. The number of ether oxygens (including phenoxy) is 1. The molecule has 0 saturated carbocycles. The lowest BCUT2D eigenvalue weighted by molar-refractivity contribution is -0.198. The molecule has 5 rings (SSSR count). The molecule has 7 nitrogen and oxygen atoms in total. The summed E-state index contributed by atoms with van der Waals surface area (Å²) in [5.74, 6) is -1.86. The number of anilines is 1. The number of hydrogen-bond donors (Lipinski definition) is 3. The molecule has 40 heavy (non-hydrogen) atoms. The molecule has 1 aliphatic heterocycles. The third-order valence-electron chi connectivity index (χ3n) is 7.32. The average Bonchev–Trinajstić information content (AvgIpc) is 3.31. The highest BCUT2D eigenvalue weighted by Crippen LogP contribution is 2.45. The second-order valence-corrected chi connectivity index (χ2v) is 10.0. The molecule has 4 N–H and O–H groups in total. The van der Waals surface area contributed by atoms with E-state index < -0.39 is 30.1 Å². The summed E-state index contributed by atoms with van der Waals surface area (Å²) >= 11 is 0. The van der Waals surface area contributed by atoms with Crippen LogP contribution in [0.15, 0.2) is 60.7 Å². The zero-order valence-electron chi connectivity index (χ0n) is 21.1. The van der Waals surface area contributed by atoms with Crippen molar-refractivity contribution in [3.63, 3.8) is 0 Å². The van der Waals surface area contributed by atoms with E-state index in [4.69, 9.17) is 10.5 Å². The Morgan fingerprint density at radius 1 is 1.12 bits per heavy atom. The van der Waals surface area contributed by atoms with E-state index in [0.717, 1.165) is 5.57 Å². The lowest BCUT2D eigenvalue weighted by Gasteiger charge is -2.31. The van der Waals surface area contributed by atoms with Gasteiger partial charge < -0.3 is 20.9 Å². The van der Waals surface area contributed by atoms with Crippen LogP contribution in [0.3, 0.4) is 0 Å². The maximum Gasteiger partial charge on any atom is 0.429 e. The molecular formula is C28H27ClF4N4O3. The number of carboxylic acids is 1. The lowest BCUT2D eigenvalue weighted by atomic mass is 9.73. The number of halogens is 5. The van der Waals surface area contributed by atoms with Crippen LogP contribution < -0.4 is 15.8 Å². The first-order valence-electron chi connectivity index (χ1n) is 12.4. The molecule has 2 heterocycles. The zero-order valence-corrected chi connectivity index (χ0v) is 21.9. The Labute approximate surface area is 233 Å². The van der Waals surface area contributed by atoms with Crippen molar-refractivity contribution < 1.29 is 32.2 Å². The van der Waals surface area contributed by atoms with Crippen molar-refractivity contribution in [2.75, 3.05) is 12.3 Å². The summed E-state index contributed by atoms with van der Waals surface area (Å²) in [6.45, 7) is 0.583. The average molecular weight is 579 g/mol. The third kappa shape index (κ3) is 6.37. The molecule has 2 aromatic carbocycles. The second kappa shape index (κ2) is 11.4. The van der Waals surface area contributed by atoms with Gasteiger partial charge in [-0.05, 0) is 59.9 Å². The highest BCUT2D eigenvalue weighted by molar-refractivity contribution is 5.85. The molecule has 3 atom stereocenters. The summed E-state index contributed by atoms with van der Waals surface area (Å²) in [6.07, 6.45) is -2.74. The maximum absolute atomic E-state index is 14.1. The number of nitrogens with two attached hydrogens (primary N) is 1. The van der Waals surface area contributed by atoms with Gasteiger partial charge in [0, 0.05) is 18.2 Å². The molecule has 2 aliphatic rings. The van der Waals surface area contributed by atoms with Crippen LogP contribution in [0.5, 0.6) is 5.88 Å². The first-order valence-corrected chi connectivity index (χ1v) is 12.4. The van der Waals surface area contributed by atoms with Gasteiger partial charge in [0.25, 0.3) is 0 Å². The third-order valence-corrected chi connectivity index (χ3v) is 7.32. The van der Waals surface area contributed by atoms with Crippen LogP contribution in [-0.2, 0) is 4.79 Å². The molecule has 0 bridgehead atoms. The summed E-state index contributed by atoms with van der Waals surface area (Å²) in [6, 6.07) is 12.0. The van der Waals surface area contributed by atoms with Crippen molar-refractivity contribution in [2.24, 2.45) is 5.41 Å². The van der Waals surface area contributed by atoms with Crippen LogP contribution in [0, 0.1) is 11.2 Å². The smallest absolute Gasteiger partial charge is 0.429 e. The molecule has 1 aromatic heterocycles. The predicted octanol–water partition coefficient (Wildman–Crippen LogP) is 5.97. The Morgan fingerprint density at radius 3 is 2.48 bits per heavy atom. The highest BCUT2D eigenvalue weighted by atomic mass is 35.5. The van der Waals surface area contributed by atoms with Crippen molar-refractivity contribution in [2.45, 2.75) is 44.0 Å². The fraction of sp³-hybridized carbons (Fsp3) is 0.321. The number of aliphatic carboxylic acids is 1. The first-order chi connectivity index (χ1) is 18.5. The van der Waals surface area contributed by atoms with Crippen molar-refractivity contribution in [3.8, 4) is 17.0 Å². The van der Waals surface area contributed by atoms with Crippen LogP contribution in [0.4, 0.5) is 23.5 Å². The number of nitrogens with zero attached hydrogens (tertiary/aromatic N) is 2. The molecule has 2 unspecified atom stereocenters. The summed E-state index contributed by atoms with van der Waals surface area (Å²) in [5.41, 5.74) is 7.77. The number of carboxylic acid groups (broad SMARTS) is 1. The number of nitrogen functional groups attached to an aromatic ring is 1. The van der Waals surface area contributed by atoms with Gasteiger partial charge >= 0.3 is 12.1 Å². The number of benzene rings is 2. The number of nitrogens with one attached hydrogen (secondary N) is 1. The fourth-order valence-electron chi connectivity index (χ4n) is 5.24. The van der Waals surface area contributed by atoms with Gasteiger partial charge in [0.1, 0.15) is 11.9 Å². The highest BCUT2D eigenvalue weighted by Gasteiger charge is 2.44. The Morgan fingerprint density at radius 2 is 1.88 bits per heavy atom. The number of allylic oxidation sites excluding steroid dienone is 2. The van der Waals surface area contributed by atoms with Crippen LogP contribution in [-0.4, -0.2) is 39.8 Å². The largest absolute Gasteiger partial charge is 0.480 e. The van der Waals surface area contributed by atoms with Crippen molar-refractivity contribution in [3.05, 3.63) is 77.7 Å². The van der Waals surface area contributed by atoms with E-state index in [0.29, 0.717) is 49.0 Å². The molecule has 1 aliphatic carbocycles. The van der Waals surface area contributed by atoms with Crippen LogP contribution in [0.25, 0.3) is 16.7 Å². The van der Waals surface area contributed by atoms with E-state index in [1.54, 1.807) is 6.07 Å². The van der Waals surface area contributed by atoms with Crippen LogP contribution >= 0.6 is 12.4 Å². The molecule has 0 amide bonds. The van der Waals surface area contributed by atoms with Crippen LogP contribution in [0.1, 0.15) is 43.0 Å². The fourth-order valence-corrected chi connectivity index (χ4v) is 5.24. The van der Waals surface area contributed by atoms with E-state index >= 15 is 0 Å². The Bertz CT molecular complexity index is 1420. The van der Waals surface area contributed by atoms with Gasteiger partial charge in [0.15, 0.2) is 0 Å². The van der Waals surface area contributed by atoms with Gasteiger partial charge in [-0.25, -0.2) is 9.37 Å². The first kappa shape index (κ1) is 29.3. The molecule has 12 heteroatoms. The van der Waals surface area contributed by atoms with Crippen molar-refractivity contribution in [1.29, 1.82) is 0 Å². The summed E-state index contributed by atoms with van der Waals surface area (Å²) in [4.78, 5) is 19.4. The van der Waals surface area contributed by atoms with Crippen LogP contribution in [0.2, 0.25) is 0 Å². The number of alkyl halides is 3. The van der Waals surface area contributed by atoms with Gasteiger partial charge in [-0.15, -0.1) is 12.4 Å². The van der Waals surface area contributed by atoms with E-state index in [1.807, 2.05) is 6.08 Å². The van der Waals surface area contributed by atoms with Crippen molar-refractivity contribution in [1.82, 2.24) is 15.3 Å².